The lowest BCUT2D eigenvalue weighted by molar-refractivity contribution is 0.0954. The van der Waals surface area contributed by atoms with E-state index in [9.17, 15) is 9.59 Å². The summed E-state index contributed by atoms with van der Waals surface area (Å²) in [5, 5.41) is 5.33. The van der Waals surface area contributed by atoms with Crippen LogP contribution in [0.2, 0.25) is 0 Å². The fraction of sp³-hybridized carbons (Fsp3) is 0.333. The molecule has 1 aromatic rings. The molecule has 104 valence electrons. The number of amides is 3. The number of nitrogens with one attached hydrogen (secondary N) is 2. The van der Waals surface area contributed by atoms with Crippen LogP contribution in [0.15, 0.2) is 22.7 Å². The Bertz CT molecular complexity index is 477. The van der Waals surface area contributed by atoms with Gasteiger partial charge in [-0.3, -0.25) is 4.79 Å². The molecule has 0 spiro atoms. The SMILES string of the molecule is CN(C)C(=O)NCCNC(=O)c1cc(Br)ccc1N. The third kappa shape index (κ3) is 4.78. The highest BCUT2D eigenvalue weighted by Crippen LogP contribution is 2.18. The summed E-state index contributed by atoms with van der Waals surface area (Å²) in [5.41, 5.74) is 6.55. The molecule has 0 unspecified atom stereocenters. The number of carbonyl (C=O) groups excluding carboxylic acids is 2. The predicted molar refractivity (Wildman–Crippen MR) is 78.0 cm³/mol. The van der Waals surface area contributed by atoms with Gasteiger partial charge in [-0.1, -0.05) is 15.9 Å². The minimum atomic E-state index is -0.266. The molecule has 0 aromatic heterocycles. The van der Waals surface area contributed by atoms with Crippen LogP contribution in [-0.4, -0.2) is 44.0 Å². The molecule has 0 saturated heterocycles. The smallest absolute Gasteiger partial charge is 0.316 e. The minimum absolute atomic E-state index is 0.198. The Morgan fingerprint density at radius 3 is 2.53 bits per heavy atom. The first-order valence-corrected chi connectivity index (χ1v) is 6.49. The summed E-state index contributed by atoms with van der Waals surface area (Å²) < 4.78 is 0.785. The molecule has 0 heterocycles. The van der Waals surface area contributed by atoms with E-state index >= 15 is 0 Å². The van der Waals surface area contributed by atoms with E-state index in [4.69, 9.17) is 5.73 Å². The Morgan fingerprint density at radius 2 is 1.89 bits per heavy atom. The van der Waals surface area contributed by atoms with Gasteiger partial charge in [-0.05, 0) is 18.2 Å². The van der Waals surface area contributed by atoms with Crippen LogP contribution in [0.1, 0.15) is 10.4 Å². The number of rotatable bonds is 4. The van der Waals surface area contributed by atoms with Gasteiger partial charge in [-0.2, -0.15) is 0 Å². The average Bonchev–Trinajstić information content (AvgIpc) is 2.36. The van der Waals surface area contributed by atoms with Gasteiger partial charge in [0.1, 0.15) is 0 Å². The van der Waals surface area contributed by atoms with Crippen LogP contribution in [0, 0.1) is 0 Å². The standard InChI is InChI=1S/C12H17BrN4O2/c1-17(2)12(19)16-6-5-15-11(18)9-7-8(13)3-4-10(9)14/h3-4,7H,5-6,14H2,1-2H3,(H,15,18)(H,16,19). The normalized spacial score (nSPS) is 9.84. The molecule has 7 heteroatoms. The van der Waals surface area contributed by atoms with Gasteiger partial charge in [0.2, 0.25) is 0 Å². The van der Waals surface area contributed by atoms with Gasteiger partial charge in [0.25, 0.3) is 5.91 Å². The van der Waals surface area contributed by atoms with Gasteiger partial charge in [0.15, 0.2) is 0 Å². The maximum absolute atomic E-state index is 11.9. The lowest BCUT2D eigenvalue weighted by Crippen LogP contribution is -2.39. The zero-order valence-corrected chi connectivity index (χ0v) is 12.5. The lowest BCUT2D eigenvalue weighted by atomic mass is 10.1. The number of benzene rings is 1. The number of nitrogens with zero attached hydrogens (tertiary/aromatic N) is 1. The Hall–Kier alpha value is -1.76. The fourth-order valence-electron chi connectivity index (χ4n) is 1.32. The zero-order chi connectivity index (χ0) is 14.4. The summed E-state index contributed by atoms with van der Waals surface area (Å²) in [7, 11) is 3.30. The molecule has 4 N–H and O–H groups in total. The topological polar surface area (TPSA) is 87.5 Å². The molecule has 0 bridgehead atoms. The first-order valence-electron chi connectivity index (χ1n) is 5.70. The van der Waals surface area contributed by atoms with Crippen molar-refractivity contribution in [1.82, 2.24) is 15.5 Å². The van der Waals surface area contributed by atoms with Gasteiger partial charge >= 0.3 is 6.03 Å². The maximum Gasteiger partial charge on any atom is 0.316 e. The molecule has 19 heavy (non-hydrogen) atoms. The van der Waals surface area contributed by atoms with Crippen molar-refractivity contribution in [3.8, 4) is 0 Å². The molecule has 6 nitrogen and oxygen atoms in total. The summed E-state index contributed by atoms with van der Waals surface area (Å²) in [6.07, 6.45) is 0. The second-order valence-electron chi connectivity index (χ2n) is 4.11. The summed E-state index contributed by atoms with van der Waals surface area (Å²) in [6.45, 7) is 0.695. The first kappa shape index (κ1) is 15.3. The third-order valence-corrected chi connectivity index (χ3v) is 2.85. The number of carbonyl (C=O) groups is 2. The second kappa shape index (κ2) is 6.98. The summed E-state index contributed by atoms with van der Waals surface area (Å²) >= 11 is 3.28. The summed E-state index contributed by atoms with van der Waals surface area (Å²) in [6, 6.07) is 4.88. The van der Waals surface area contributed by atoms with Crippen LogP contribution in [0.25, 0.3) is 0 Å². The van der Waals surface area contributed by atoms with Crippen LogP contribution in [0.3, 0.4) is 0 Å². The Labute approximate surface area is 120 Å². The molecule has 0 aliphatic heterocycles. The highest BCUT2D eigenvalue weighted by atomic mass is 79.9. The van der Waals surface area contributed by atoms with Crippen molar-refractivity contribution in [3.05, 3.63) is 28.2 Å². The monoisotopic (exact) mass is 328 g/mol. The number of nitrogens with two attached hydrogens (primary N) is 1. The maximum atomic E-state index is 11.9. The van der Waals surface area contributed by atoms with Crippen LogP contribution in [0.4, 0.5) is 10.5 Å². The van der Waals surface area contributed by atoms with Crippen LogP contribution < -0.4 is 16.4 Å². The van der Waals surface area contributed by atoms with E-state index in [2.05, 4.69) is 26.6 Å². The van der Waals surface area contributed by atoms with Crippen molar-refractivity contribution in [3.63, 3.8) is 0 Å². The van der Waals surface area contributed by atoms with E-state index in [0.717, 1.165) is 4.47 Å². The molecule has 0 atom stereocenters. The molecule has 0 fully saturated rings. The van der Waals surface area contributed by atoms with Crippen molar-refractivity contribution in [2.24, 2.45) is 0 Å². The molecular weight excluding hydrogens is 312 g/mol. The lowest BCUT2D eigenvalue weighted by Gasteiger charge is -2.12. The Morgan fingerprint density at radius 1 is 1.26 bits per heavy atom. The van der Waals surface area contributed by atoms with Crippen LogP contribution in [-0.2, 0) is 0 Å². The number of nitrogen functional groups attached to an aromatic ring is 1. The number of hydrogen-bond donors (Lipinski definition) is 3. The highest BCUT2D eigenvalue weighted by molar-refractivity contribution is 9.10. The third-order valence-electron chi connectivity index (χ3n) is 2.35. The van der Waals surface area contributed by atoms with E-state index in [-0.39, 0.29) is 11.9 Å². The van der Waals surface area contributed by atoms with Crippen molar-refractivity contribution < 1.29 is 9.59 Å². The van der Waals surface area contributed by atoms with Gasteiger partial charge < -0.3 is 21.3 Å². The molecule has 1 aromatic carbocycles. The predicted octanol–water partition coefficient (Wildman–Crippen LogP) is 1.03. The molecule has 3 amide bonds. The highest BCUT2D eigenvalue weighted by Gasteiger charge is 2.09. The number of halogens is 1. The Kier molecular flexibility index (Phi) is 5.62. The van der Waals surface area contributed by atoms with Gasteiger partial charge in [0.05, 0.1) is 5.56 Å². The van der Waals surface area contributed by atoms with Crippen molar-refractivity contribution >= 4 is 33.6 Å². The van der Waals surface area contributed by atoms with E-state index in [1.54, 1.807) is 32.3 Å². The number of urea groups is 1. The second-order valence-corrected chi connectivity index (χ2v) is 5.03. The minimum Gasteiger partial charge on any atom is -0.398 e. The average molecular weight is 329 g/mol. The number of anilines is 1. The van der Waals surface area contributed by atoms with E-state index < -0.39 is 0 Å². The van der Waals surface area contributed by atoms with Crippen molar-refractivity contribution in [2.75, 3.05) is 32.9 Å². The van der Waals surface area contributed by atoms with Crippen molar-refractivity contribution in [1.29, 1.82) is 0 Å². The van der Waals surface area contributed by atoms with Gasteiger partial charge in [-0.25, -0.2) is 4.79 Å². The largest absolute Gasteiger partial charge is 0.398 e. The van der Waals surface area contributed by atoms with Crippen LogP contribution in [0.5, 0.6) is 0 Å². The zero-order valence-electron chi connectivity index (χ0n) is 10.9. The van der Waals surface area contributed by atoms with Crippen LogP contribution >= 0.6 is 15.9 Å². The number of hydrogen-bond acceptors (Lipinski definition) is 3. The van der Waals surface area contributed by atoms with Gasteiger partial charge in [0, 0.05) is 37.3 Å². The molecular formula is C12H17BrN4O2. The Balaban J connectivity index is 2.44. The molecule has 1 rings (SSSR count). The van der Waals surface area contributed by atoms with Crippen molar-refractivity contribution in [2.45, 2.75) is 0 Å². The van der Waals surface area contributed by atoms with E-state index in [0.29, 0.717) is 24.3 Å². The molecule has 0 radical (unpaired) electrons. The first-order chi connectivity index (χ1) is 8.91. The van der Waals surface area contributed by atoms with E-state index in [1.807, 2.05) is 0 Å². The fourth-order valence-corrected chi connectivity index (χ4v) is 1.69. The summed E-state index contributed by atoms with van der Waals surface area (Å²) in [5.74, 6) is -0.266. The molecule has 0 aliphatic carbocycles. The van der Waals surface area contributed by atoms with Gasteiger partial charge in [-0.15, -0.1) is 0 Å². The summed E-state index contributed by atoms with van der Waals surface area (Å²) in [4.78, 5) is 24.5. The molecule has 0 aliphatic rings. The van der Waals surface area contributed by atoms with E-state index in [1.165, 1.54) is 4.90 Å². The quantitative estimate of drug-likeness (QED) is 0.570. The molecule has 0 saturated carbocycles.